The quantitative estimate of drug-likeness (QED) is 0.380. The largest absolute Gasteiger partial charge is 0.492 e. The Morgan fingerprint density at radius 3 is 2.61 bits per heavy atom. The molecule has 0 fully saturated rings. The molecule has 0 aliphatic rings. The van der Waals surface area contributed by atoms with Crippen LogP contribution in [0.15, 0.2) is 47.8 Å². The Morgan fingerprint density at radius 2 is 1.97 bits per heavy atom. The minimum atomic E-state index is -3.46. The minimum absolute atomic E-state index is 0.236. The molecular formula is C21H24ClN3O4S2. The van der Waals surface area contributed by atoms with E-state index in [0.717, 1.165) is 28.3 Å². The van der Waals surface area contributed by atoms with Crippen molar-refractivity contribution < 1.29 is 18.3 Å². The van der Waals surface area contributed by atoms with Crippen LogP contribution >= 0.6 is 22.9 Å². The predicted octanol–water partition coefficient (Wildman–Crippen LogP) is 3.85. The van der Waals surface area contributed by atoms with Crippen LogP contribution in [0.2, 0.25) is 5.02 Å². The number of nitrogens with one attached hydrogen (secondary N) is 2. The summed E-state index contributed by atoms with van der Waals surface area (Å²) in [5.74, 6) is 0.757. The first-order valence-corrected chi connectivity index (χ1v) is 12.7. The van der Waals surface area contributed by atoms with Crippen molar-refractivity contribution in [1.29, 1.82) is 0 Å². The molecule has 10 heteroatoms. The molecule has 31 heavy (non-hydrogen) atoms. The van der Waals surface area contributed by atoms with E-state index < -0.39 is 16.1 Å². The molecule has 0 radical (unpaired) electrons. The summed E-state index contributed by atoms with van der Waals surface area (Å²) in [6.07, 6.45) is 0.222. The van der Waals surface area contributed by atoms with E-state index in [1.54, 1.807) is 23.5 Å². The molecule has 166 valence electrons. The monoisotopic (exact) mass is 481 g/mol. The third-order valence-electron chi connectivity index (χ3n) is 4.32. The summed E-state index contributed by atoms with van der Waals surface area (Å²) >= 11 is 7.63. The lowest BCUT2D eigenvalue weighted by atomic mass is 10.1. The lowest BCUT2D eigenvalue weighted by molar-refractivity contribution is 0.172. The fraction of sp³-hybridized carbons (Fsp3) is 0.286. The summed E-state index contributed by atoms with van der Waals surface area (Å²) in [5, 5.41) is 16.8. The first kappa shape index (κ1) is 23.5. The molecule has 3 rings (SSSR count). The maximum Gasteiger partial charge on any atom is 0.229 e. The SMILES string of the molecule is Cc1nc(-c2ccc(OCCNCC(O)c3ccc(Cl)c(NS(C)(=O)=O)c3)cc2)cs1. The fourth-order valence-corrected chi connectivity index (χ4v) is 4.25. The van der Waals surface area contributed by atoms with Crippen molar-refractivity contribution in [2.45, 2.75) is 13.0 Å². The second-order valence-electron chi connectivity index (χ2n) is 6.96. The van der Waals surface area contributed by atoms with E-state index in [2.05, 4.69) is 15.0 Å². The van der Waals surface area contributed by atoms with Crippen LogP contribution in [0.1, 0.15) is 16.7 Å². The van der Waals surface area contributed by atoms with E-state index in [4.69, 9.17) is 16.3 Å². The highest BCUT2D eigenvalue weighted by Gasteiger charge is 2.12. The normalized spacial score (nSPS) is 12.5. The third kappa shape index (κ3) is 7.19. The number of ether oxygens (including phenoxy) is 1. The summed E-state index contributed by atoms with van der Waals surface area (Å²) < 4.78 is 30.9. The van der Waals surface area contributed by atoms with Crippen molar-refractivity contribution in [3.63, 3.8) is 0 Å². The van der Waals surface area contributed by atoms with E-state index in [1.165, 1.54) is 6.07 Å². The molecule has 1 atom stereocenters. The topological polar surface area (TPSA) is 101 Å². The van der Waals surface area contributed by atoms with Crippen molar-refractivity contribution in [3.8, 4) is 17.0 Å². The van der Waals surface area contributed by atoms with Crippen molar-refractivity contribution in [1.82, 2.24) is 10.3 Å². The van der Waals surface area contributed by atoms with Gasteiger partial charge in [0.15, 0.2) is 0 Å². The first-order valence-electron chi connectivity index (χ1n) is 9.52. The molecule has 0 saturated carbocycles. The smallest absolute Gasteiger partial charge is 0.229 e. The van der Waals surface area contributed by atoms with Crippen molar-refractivity contribution >= 4 is 38.6 Å². The Bertz CT molecular complexity index is 1120. The second kappa shape index (κ2) is 10.4. The molecular weight excluding hydrogens is 458 g/mol. The van der Waals surface area contributed by atoms with Gasteiger partial charge in [0.25, 0.3) is 0 Å². The molecule has 3 aromatic rings. The molecule has 1 unspecified atom stereocenters. The lowest BCUT2D eigenvalue weighted by Crippen LogP contribution is -2.26. The number of sulfonamides is 1. The average molecular weight is 482 g/mol. The van der Waals surface area contributed by atoms with E-state index in [-0.39, 0.29) is 17.3 Å². The first-order chi connectivity index (χ1) is 14.7. The Morgan fingerprint density at radius 1 is 1.23 bits per heavy atom. The maximum atomic E-state index is 11.4. The van der Waals surface area contributed by atoms with E-state index in [9.17, 15) is 13.5 Å². The second-order valence-corrected chi connectivity index (χ2v) is 10.2. The lowest BCUT2D eigenvalue weighted by Gasteiger charge is -2.15. The van der Waals surface area contributed by atoms with Gasteiger partial charge in [0.05, 0.1) is 33.8 Å². The molecule has 0 amide bonds. The number of anilines is 1. The maximum absolute atomic E-state index is 11.4. The minimum Gasteiger partial charge on any atom is -0.492 e. The van der Waals surface area contributed by atoms with Crippen LogP contribution in [0.25, 0.3) is 11.3 Å². The highest BCUT2D eigenvalue weighted by atomic mass is 35.5. The van der Waals surface area contributed by atoms with Gasteiger partial charge in [0, 0.05) is 24.0 Å². The number of aromatic nitrogens is 1. The predicted molar refractivity (Wildman–Crippen MR) is 126 cm³/mol. The number of aliphatic hydroxyl groups is 1. The van der Waals surface area contributed by atoms with Crippen molar-refractivity contribution in [2.24, 2.45) is 0 Å². The van der Waals surface area contributed by atoms with Gasteiger partial charge in [-0.05, 0) is 48.9 Å². The van der Waals surface area contributed by atoms with Crippen LogP contribution in [0, 0.1) is 6.92 Å². The average Bonchev–Trinajstić information content (AvgIpc) is 3.15. The fourth-order valence-electron chi connectivity index (χ4n) is 2.84. The number of halogens is 1. The van der Waals surface area contributed by atoms with Crippen LogP contribution in [0.3, 0.4) is 0 Å². The molecule has 0 aliphatic heterocycles. The van der Waals surface area contributed by atoms with Crippen molar-refractivity contribution in [3.05, 3.63) is 63.4 Å². The zero-order valence-electron chi connectivity index (χ0n) is 17.1. The number of aliphatic hydroxyl groups excluding tert-OH is 1. The van der Waals surface area contributed by atoms with Crippen LogP contribution in [0.5, 0.6) is 5.75 Å². The number of thiazole rings is 1. The highest BCUT2D eigenvalue weighted by molar-refractivity contribution is 7.92. The van der Waals surface area contributed by atoms with Crippen molar-refractivity contribution in [2.75, 3.05) is 30.7 Å². The van der Waals surface area contributed by atoms with Gasteiger partial charge in [-0.2, -0.15) is 0 Å². The van der Waals surface area contributed by atoms with Gasteiger partial charge in [-0.1, -0.05) is 17.7 Å². The third-order valence-corrected chi connectivity index (χ3v) is 6.02. The summed E-state index contributed by atoms with van der Waals surface area (Å²) in [5.41, 5.74) is 2.80. The summed E-state index contributed by atoms with van der Waals surface area (Å²) in [7, 11) is -3.46. The van der Waals surface area contributed by atoms with Crippen LogP contribution in [-0.4, -0.2) is 44.5 Å². The Balaban J connectivity index is 1.44. The number of rotatable bonds is 10. The summed E-state index contributed by atoms with van der Waals surface area (Å²) in [6.45, 7) is 3.23. The number of hydrogen-bond donors (Lipinski definition) is 3. The van der Waals surface area contributed by atoms with E-state index in [1.807, 2.05) is 36.6 Å². The molecule has 0 aliphatic carbocycles. The van der Waals surface area contributed by atoms with Crippen LogP contribution < -0.4 is 14.8 Å². The molecule has 0 saturated heterocycles. The number of benzene rings is 2. The Labute approximate surface area is 191 Å². The summed E-state index contributed by atoms with van der Waals surface area (Å²) in [6, 6.07) is 12.5. The molecule has 3 N–H and O–H groups in total. The zero-order valence-corrected chi connectivity index (χ0v) is 19.5. The summed E-state index contributed by atoms with van der Waals surface area (Å²) in [4.78, 5) is 4.47. The molecule has 2 aromatic carbocycles. The van der Waals surface area contributed by atoms with Gasteiger partial charge in [-0.25, -0.2) is 13.4 Å². The Kier molecular flexibility index (Phi) is 7.90. The van der Waals surface area contributed by atoms with Gasteiger partial charge >= 0.3 is 0 Å². The molecule has 1 aromatic heterocycles. The standard InChI is InChI=1S/C21H24ClN3O4S2/c1-14-24-20(13-30-14)15-3-6-17(7-4-15)29-10-9-23-12-21(26)16-5-8-18(22)19(11-16)25-31(2,27)28/h3-8,11,13,21,23,25-26H,9-10,12H2,1-2H3. The van der Waals surface area contributed by atoms with Crippen LogP contribution in [0.4, 0.5) is 5.69 Å². The molecule has 0 spiro atoms. The van der Waals surface area contributed by atoms with Gasteiger partial charge in [-0.3, -0.25) is 4.72 Å². The van der Waals surface area contributed by atoms with Gasteiger partial charge in [0.2, 0.25) is 10.0 Å². The Hall–Kier alpha value is -2.17. The van der Waals surface area contributed by atoms with E-state index >= 15 is 0 Å². The van der Waals surface area contributed by atoms with Gasteiger partial charge < -0.3 is 15.2 Å². The molecule has 1 heterocycles. The zero-order chi connectivity index (χ0) is 22.4. The number of hydrogen-bond acceptors (Lipinski definition) is 7. The van der Waals surface area contributed by atoms with Gasteiger partial charge in [-0.15, -0.1) is 11.3 Å². The molecule has 7 nitrogen and oxygen atoms in total. The number of nitrogens with zero attached hydrogens (tertiary/aromatic N) is 1. The highest BCUT2D eigenvalue weighted by Crippen LogP contribution is 2.27. The van der Waals surface area contributed by atoms with E-state index in [0.29, 0.717) is 18.7 Å². The number of aryl methyl sites for hydroxylation is 1. The molecule has 0 bridgehead atoms. The van der Waals surface area contributed by atoms with Gasteiger partial charge in [0.1, 0.15) is 12.4 Å². The van der Waals surface area contributed by atoms with Crippen LogP contribution in [-0.2, 0) is 10.0 Å².